The number of halogens is 1. The van der Waals surface area contributed by atoms with Gasteiger partial charge in [-0.15, -0.1) is 0 Å². The van der Waals surface area contributed by atoms with Gasteiger partial charge in [-0.1, -0.05) is 18.2 Å². The van der Waals surface area contributed by atoms with Crippen molar-refractivity contribution in [3.05, 3.63) is 47.0 Å². The maximum absolute atomic E-state index is 12.1. The summed E-state index contributed by atoms with van der Waals surface area (Å²) in [5.74, 6) is -0.633. The molecule has 1 aliphatic rings. The van der Waals surface area contributed by atoms with E-state index >= 15 is 0 Å². The quantitative estimate of drug-likeness (QED) is 0.377. The molecule has 1 unspecified atom stereocenters. The molecule has 1 aliphatic heterocycles. The molecule has 1 atom stereocenters. The van der Waals surface area contributed by atoms with Gasteiger partial charge in [0.2, 0.25) is 0 Å². The van der Waals surface area contributed by atoms with Crippen LogP contribution >= 0.6 is 30.3 Å². The zero-order valence-corrected chi connectivity index (χ0v) is 15.9. The van der Waals surface area contributed by atoms with Crippen LogP contribution in [-0.2, 0) is 14.3 Å². The van der Waals surface area contributed by atoms with Gasteiger partial charge in [-0.2, -0.15) is 0 Å². The average molecular weight is 447 g/mol. The fourth-order valence-corrected chi connectivity index (χ4v) is 4.01. The molecular weight excluding hydrogens is 429 g/mol. The number of hydrogen-bond donors (Lipinski definition) is 0. The highest BCUT2D eigenvalue weighted by atomic mass is 127. The molecule has 2 rings (SSSR count). The van der Waals surface area contributed by atoms with Crippen LogP contribution in [0.1, 0.15) is 35.8 Å². The summed E-state index contributed by atoms with van der Waals surface area (Å²) in [5.41, 5.74) is 2.09. The monoisotopic (exact) mass is 447 g/mol. The molecule has 1 aromatic carbocycles. The van der Waals surface area contributed by atoms with E-state index in [0.29, 0.717) is 30.9 Å². The number of rotatable bonds is 6. The molecule has 0 spiro atoms. The molecule has 1 heterocycles. The second-order valence-electron chi connectivity index (χ2n) is 4.79. The SMILES string of the molecule is CCOC(=O)C1=CCN(SI)C1c1ccc(C(=O)OCC)cc1. The molecule has 23 heavy (non-hydrogen) atoms. The number of hydrogen-bond acceptors (Lipinski definition) is 6. The molecule has 7 heteroatoms. The molecule has 0 aliphatic carbocycles. The van der Waals surface area contributed by atoms with E-state index < -0.39 is 0 Å². The molecule has 0 amide bonds. The minimum Gasteiger partial charge on any atom is -0.463 e. The first kappa shape index (κ1) is 18.3. The minimum absolute atomic E-state index is 0.174. The van der Waals surface area contributed by atoms with Crippen molar-refractivity contribution in [3.8, 4) is 0 Å². The van der Waals surface area contributed by atoms with Crippen LogP contribution in [0.3, 0.4) is 0 Å². The van der Waals surface area contributed by atoms with Gasteiger partial charge in [0.15, 0.2) is 0 Å². The van der Waals surface area contributed by atoms with Crippen LogP contribution in [0, 0.1) is 0 Å². The zero-order chi connectivity index (χ0) is 16.8. The molecule has 0 N–H and O–H groups in total. The summed E-state index contributed by atoms with van der Waals surface area (Å²) in [5, 5.41) is 0. The van der Waals surface area contributed by atoms with Crippen molar-refractivity contribution in [1.82, 2.24) is 4.31 Å². The Morgan fingerprint density at radius 2 is 1.78 bits per heavy atom. The number of carbonyl (C=O) groups is 2. The maximum Gasteiger partial charge on any atom is 0.338 e. The Morgan fingerprint density at radius 3 is 2.35 bits per heavy atom. The van der Waals surface area contributed by atoms with E-state index in [1.807, 2.05) is 18.2 Å². The third-order valence-electron chi connectivity index (χ3n) is 3.41. The van der Waals surface area contributed by atoms with Gasteiger partial charge in [0.1, 0.15) is 0 Å². The Bertz CT molecular complexity index is 603. The van der Waals surface area contributed by atoms with Crippen molar-refractivity contribution in [1.29, 1.82) is 0 Å². The van der Waals surface area contributed by atoms with Crippen molar-refractivity contribution >= 4 is 42.3 Å². The van der Waals surface area contributed by atoms with Crippen LogP contribution in [0.15, 0.2) is 35.9 Å². The summed E-state index contributed by atoms with van der Waals surface area (Å²) in [6, 6.07) is 6.99. The van der Waals surface area contributed by atoms with Gasteiger partial charge < -0.3 is 9.47 Å². The lowest BCUT2D eigenvalue weighted by molar-refractivity contribution is -0.138. The molecule has 0 saturated carbocycles. The Kier molecular flexibility index (Phi) is 6.91. The van der Waals surface area contributed by atoms with Crippen LogP contribution in [-0.4, -0.2) is 36.0 Å². The normalized spacial score (nSPS) is 17.7. The number of ether oxygens (including phenoxy) is 2. The standard InChI is InChI=1S/C16H18INO4S/c1-3-21-15(19)12-7-5-11(6-8-12)14-13(16(20)22-4-2)9-10-18(14)23-17/h5-9,14H,3-4,10H2,1-2H3. The van der Waals surface area contributed by atoms with Crippen molar-refractivity contribution in [3.63, 3.8) is 0 Å². The van der Waals surface area contributed by atoms with Gasteiger partial charge >= 0.3 is 11.9 Å². The minimum atomic E-state index is -0.341. The smallest absolute Gasteiger partial charge is 0.338 e. The van der Waals surface area contributed by atoms with Gasteiger partial charge in [0, 0.05) is 27.8 Å². The van der Waals surface area contributed by atoms with Crippen LogP contribution < -0.4 is 0 Å². The van der Waals surface area contributed by atoms with Crippen LogP contribution in [0.5, 0.6) is 0 Å². The zero-order valence-electron chi connectivity index (χ0n) is 13.0. The fourth-order valence-electron chi connectivity index (χ4n) is 2.40. The van der Waals surface area contributed by atoms with Crippen molar-refractivity contribution < 1.29 is 19.1 Å². The maximum atomic E-state index is 12.1. The first-order valence-corrected chi connectivity index (χ1v) is 10.6. The molecule has 0 fully saturated rings. The molecular formula is C16H18INO4S. The number of benzene rings is 1. The van der Waals surface area contributed by atoms with E-state index in [4.69, 9.17) is 9.47 Å². The molecule has 0 radical (unpaired) electrons. The number of nitrogens with zero attached hydrogens (tertiary/aromatic N) is 1. The molecule has 1 aromatic rings. The highest BCUT2D eigenvalue weighted by molar-refractivity contribution is 14.2. The largest absolute Gasteiger partial charge is 0.463 e. The highest BCUT2D eigenvalue weighted by Crippen LogP contribution is 2.40. The summed E-state index contributed by atoms with van der Waals surface area (Å²) in [7, 11) is 1.55. The Hall–Kier alpha value is -1.06. The van der Waals surface area contributed by atoms with Gasteiger partial charge in [-0.05, 0) is 40.7 Å². The first-order chi connectivity index (χ1) is 11.1. The highest BCUT2D eigenvalue weighted by Gasteiger charge is 2.34. The summed E-state index contributed by atoms with van der Waals surface area (Å²) in [6.07, 6.45) is 1.90. The van der Waals surface area contributed by atoms with Gasteiger partial charge in [-0.25, -0.2) is 13.9 Å². The number of esters is 2. The van der Waals surface area contributed by atoms with E-state index in [2.05, 4.69) is 25.5 Å². The van der Waals surface area contributed by atoms with Crippen molar-refractivity contribution in [2.75, 3.05) is 19.8 Å². The second-order valence-corrected chi connectivity index (χ2v) is 6.58. The molecule has 0 saturated heterocycles. The lowest BCUT2D eigenvalue weighted by Gasteiger charge is -2.23. The van der Waals surface area contributed by atoms with E-state index in [1.54, 1.807) is 35.1 Å². The Morgan fingerprint density at radius 1 is 1.17 bits per heavy atom. The molecule has 5 nitrogen and oxygen atoms in total. The summed E-state index contributed by atoms with van der Waals surface area (Å²) in [6.45, 7) is 4.93. The van der Waals surface area contributed by atoms with E-state index in [9.17, 15) is 9.59 Å². The topological polar surface area (TPSA) is 55.8 Å². The van der Waals surface area contributed by atoms with E-state index in [0.717, 1.165) is 5.56 Å². The van der Waals surface area contributed by atoms with Crippen LogP contribution in [0.2, 0.25) is 0 Å². The predicted octanol–water partition coefficient (Wildman–Crippen LogP) is 3.71. The predicted molar refractivity (Wildman–Crippen MR) is 98.2 cm³/mol. The molecule has 0 bridgehead atoms. The summed E-state index contributed by atoms with van der Waals surface area (Å²) in [4.78, 5) is 23.9. The number of carbonyl (C=O) groups excluding carboxylic acids is 2. The summed E-state index contributed by atoms with van der Waals surface area (Å²) >= 11 is 2.20. The van der Waals surface area contributed by atoms with Gasteiger partial charge in [0.05, 0.1) is 30.4 Å². The average Bonchev–Trinajstić information content (AvgIpc) is 2.99. The Labute approximate surface area is 152 Å². The van der Waals surface area contributed by atoms with Gasteiger partial charge in [-0.3, -0.25) is 0 Å². The van der Waals surface area contributed by atoms with Crippen LogP contribution in [0.25, 0.3) is 0 Å². The van der Waals surface area contributed by atoms with Crippen molar-refractivity contribution in [2.24, 2.45) is 0 Å². The van der Waals surface area contributed by atoms with E-state index in [-0.39, 0.29) is 18.0 Å². The van der Waals surface area contributed by atoms with Crippen LogP contribution in [0.4, 0.5) is 0 Å². The van der Waals surface area contributed by atoms with E-state index in [1.165, 1.54) is 0 Å². The van der Waals surface area contributed by atoms with Crippen molar-refractivity contribution in [2.45, 2.75) is 19.9 Å². The fraction of sp³-hybridized carbons (Fsp3) is 0.375. The first-order valence-electron chi connectivity index (χ1n) is 7.32. The second kappa shape index (κ2) is 8.70. The molecule has 0 aromatic heterocycles. The lowest BCUT2D eigenvalue weighted by Crippen LogP contribution is -2.21. The molecule has 124 valence electrons. The third kappa shape index (κ3) is 4.27. The van der Waals surface area contributed by atoms with Gasteiger partial charge in [0.25, 0.3) is 0 Å². The Balaban J connectivity index is 2.24. The third-order valence-corrected chi connectivity index (χ3v) is 5.47. The lowest BCUT2D eigenvalue weighted by atomic mass is 9.99. The summed E-state index contributed by atoms with van der Waals surface area (Å²) < 4.78 is 12.2.